The van der Waals surface area contributed by atoms with Crippen LogP contribution in [0.2, 0.25) is 0 Å². The molecule has 2 atom stereocenters. The molecule has 11 heavy (non-hydrogen) atoms. The Hall–Kier alpha value is -0.160. The average molecular weight is 162 g/mol. The molecule has 0 aromatic rings. The number of methoxy groups -OCH3 is 2. The van der Waals surface area contributed by atoms with E-state index in [2.05, 4.69) is 5.43 Å². The summed E-state index contributed by atoms with van der Waals surface area (Å²) in [6.07, 6.45) is 1.05. The van der Waals surface area contributed by atoms with Crippen molar-refractivity contribution < 1.29 is 9.47 Å². The van der Waals surface area contributed by atoms with Crippen LogP contribution in [0.4, 0.5) is 0 Å². The first-order valence-electron chi connectivity index (χ1n) is 3.78. The Bertz CT molecular complexity index is 86.5. The monoisotopic (exact) mass is 162 g/mol. The maximum absolute atomic E-state index is 5.30. The van der Waals surface area contributed by atoms with Gasteiger partial charge in [0.2, 0.25) is 0 Å². The van der Waals surface area contributed by atoms with E-state index in [1.165, 1.54) is 0 Å². The van der Waals surface area contributed by atoms with Gasteiger partial charge in [0.05, 0.1) is 18.8 Å². The Balaban J connectivity index is 3.76. The van der Waals surface area contributed by atoms with Gasteiger partial charge in [-0.3, -0.25) is 11.3 Å². The van der Waals surface area contributed by atoms with Crippen LogP contribution in [0.3, 0.4) is 0 Å². The third-order valence-electron chi connectivity index (χ3n) is 1.71. The highest BCUT2D eigenvalue weighted by Crippen LogP contribution is 2.02. The Morgan fingerprint density at radius 3 is 2.36 bits per heavy atom. The Morgan fingerprint density at radius 2 is 2.09 bits per heavy atom. The quantitative estimate of drug-likeness (QED) is 0.422. The minimum Gasteiger partial charge on any atom is -0.383 e. The maximum Gasteiger partial charge on any atom is 0.0757 e. The molecule has 0 spiro atoms. The molecular formula is C7H18N2O2. The minimum absolute atomic E-state index is 0.0787. The number of hydrazine groups is 1. The Kier molecular flexibility index (Phi) is 6.45. The van der Waals surface area contributed by atoms with Crippen molar-refractivity contribution in [3.05, 3.63) is 0 Å². The highest BCUT2D eigenvalue weighted by atomic mass is 16.5. The summed E-state index contributed by atoms with van der Waals surface area (Å²) in [7, 11) is 3.32. The average Bonchev–Trinajstić information content (AvgIpc) is 2.05. The summed E-state index contributed by atoms with van der Waals surface area (Å²) in [5, 5.41) is 0. The van der Waals surface area contributed by atoms with E-state index in [9.17, 15) is 0 Å². The van der Waals surface area contributed by atoms with Crippen molar-refractivity contribution in [2.75, 3.05) is 20.8 Å². The third kappa shape index (κ3) is 3.67. The molecule has 0 aliphatic carbocycles. The summed E-state index contributed by atoms with van der Waals surface area (Å²) >= 11 is 0. The van der Waals surface area contributed by atoms with Crippen LogP contribution in [0.15, 0.2) is 0 Å². The zero-order chi connectivity index (χ0) is 8.69. The third-order valence-corrected chi connectivity index (χ3v) is 1.71. The van der Waals surface area contributed by atoms with E-state index in [-0.39, 0.29) is 12.1 Å². The van der Waals surface area contributed by atoms with Gasteiger partial charge in [0.25, 0.3) is 0 Å². The fraction of sp³-hybridized carbons (Fsp3) is 1.00. The lowest BCUT2D eigenvalue weighted by Crippen LogP contribution is -2.47. The van der Waals surface area contributed by atoms with Crippen LogP contribution in [-0.4, -0.2) is 33.0 Å². The number of hydrogen-bond donors (Lipinski definition) is 2. The molecule has 0 aliphatic heterocycles. The number of nitrogens with two attached hydrogens (primary N) is 1. The smallest absolute Gasteiger partial charge is 0.0757 e. The van der Waals surface area contributed by atoms with Crippen LogP contribution in [0, 0.1) is 0 Å². The number of ether oxygens (including phenoxy) is 2. The van der Waals surface area contributed by atoms with Gasteiger partial charge in [0.1, 0.15) is 0 Å². The number of hydrogen-bond acceptors (Lipinski definition) is 4. The highest BCUT2D eigenvalue weighted by Gasteiger charge is 2.17. The van der Waals surface area contributed by atoms with Crippen molar-refractivity contribution >= 4 is 0 Å². The highest BCUT2D eigenvalue weighted by molar-refractivity contribution is 4.72. The molecule has 0 aromatic carbocycles. The van der Waals surface area contributed by atoms with Gasteiger partial charge in [0, 0.05) is 14.2 Å². The van der Waals surface area contributed by atoms with Crippen molar-refractivity contribution in [1.82, 2.24) is 5.43 Å². The minimum atomic E-state index is 0.0787. The molecule has 0 amide bonds. The van der Waals surface area contributed by atoms with E-state index in [1.54, 1.807) is 14.2 Å². The number of nitrogens with one attached hydrogen (secondary N) is 1. The molecule has 0 heterocycles. The summed E-state index contributed by atoms with van der Waals surface area (Å²) in [5.41, 5.74) is 2.65. The molecule has 68 valence electrons. The zero-order valence-corrected chi connectivity index (χ0v) is 7.46. The lowest BCUT2D eigenvalue weighted by Gasteiger charge is -2.23. The Labute approximate surface area is 68.0 Å². The lowest BCUT2D eigenvalue weighted by atomic mass is 10.1. The lowest BCUT2D eigenvalue weighted by molar-refractivity contribution is 0.0323. The second kappa shape index (κ2) is 6.54. The standard InChI is InChI=1S/C7H18N2O2/c1-4-7(11-3)6(9-8)5-10-2/h6-7,9H,4-5,8H2,1-3H3. The van der Waals surface area contributed by atoms with Crippen LogP contribution >= 0.6 is 0 Å². The SMILES string of the molecule is CCC(OC)C(COC)NN. The summed E-state index contributed by atoms with van der Waals surface area (Å²) < 4.78 is 10.1. The van der Waals surface area contributed by atoms with Crippen molar-refractivity contribution in [2.24, 2.45) is 5.84 Å². The van der Waals surface area contributed by atoms with Crippen molar-refractivity contribution in [1.29, 1.82) is 0 Å². The van der Waals surface area contributed by atoms with Crippen LogP contribution in [0.1, 0.15) is 13.3 Å². The van der Waals surface area contributed by atoms with Crippen LogP contribution in [-0.2, 0) is 9.47 Å². The van der Waals surface area contributed by atoms with E-state index in [1.807, 2.05) is 6.92 Å². The van der Waals surface area contributed by atoms with E-state index >= 15 is 0 Å². The first-order chi connectivity index (χ1) is 5.29. The zero-order valence-electron chi connectivity index (χ0n) is 7.46. The summed E-state index contributed by atoms with van der Waals surface area (Å²) in [4.78, 5) is 0. The predicted octanol–water partition coefficient (Wildman–Crippen LogP) is -0.110. The summed E-state index contributed by atoms with van der Waals surface area (Å²) in [6, 6.07) is 0.0787. The molecule has 0 aliphatic rings. The summed E-state index contributed by atoms with van der Waals surface area (Å²) in [5.74, 6) is 5.30. The van der Waals surface area contributed by atoms with Gasteiger partial charge in [-0.15, -0.1) is 0 Å². The van der Waals surface area contributed by atoms with E-state index < -0.39 is 0 Å². The van der Waals surface area contributed by atoms with Gasteiger partial charge in [-0.1, -0.05) is 6.92 Å². The molecule has 4 nitrogen and oxygen atoms in total. The molecule has 4 heteroatoms. The van der Waals surface area contributed by atoms with Gasteiger partial charge in [0.15, 0.2) is 0 Å². The van der Waals surface area contributed by atoms with Gasteiger partial charge >= 0.3 is 0 Å². The van der Waals surface area contributed by atoms with Crippen LogP contribution < -0.4 is 11.3 Å². The Morgan fingerprint density at radius 1 is 1.45 bits per heavy atom. The van der Waals surface area contributed by atoms with Crippen molar-refractivity contribution in [3.8, 4) is 0 Å². The molecule has 3 N–H and O–H groups in total. The predicted molar refractivity (Wildman–Crippen MR) is 44.1 cm³/mol. The van der Waals surface area contributed by atoms with Crippen molar-refractivity contribution in [3.63, 3.8) is 0 Å². The summed E-state index contributed by atoms with van der Waals surface area (Å²) in [6.45, 7) is 2.62. The topological polar surface area (TPSA) is 56.5 Å². The largest absolute Gasteiger partial charge is 0.383 e. The van der Waals surface area contributed by atoms with Gasteiger partial charge in [-0.25, -0.2) is 0 Å². The van der Waals surface area contributed by atoms with Crippen LogP contribution in [0.25, 0.3) is 0 Å². The van der Waals surface area contributed by atoms with E-state index in [0.717, 1.165) is 6.42 Å². The molecule has 0 saturated carbocycles. The molecule has 2 unspecified atom stereocenters. The maximum atomic E-state index is 5.30. The second-order valence-electron chi connectivity index (χ2n) is 2.41. The van der Waals surface area contributed by atoms with Crippen molar-refractivity contribution in [2.45, 2.75) is 25.5 Å². The fourth-order valence-corrected chi connectivity index (χ4v) is 1.06. The molecular weight excluding hydrogens is 144 g/mol. The molecule has 0 fully saturated rings. The molecule has 0 aromatic heterocycles. The normalized spacial score (nSPS) is 16.4. The second-order valence-corrected chi connectivity index (χ2v) is 2.41. The van der Waals surface area contributed by atoms with Gasteiger partial charge in [-0.05, 0) is 6.42 Å². The van der Waals surface area contributed by atoms with Gasteiger partial charge in [-0.2, -0.15) is 0 Å². The molecule has 0 radical (unpaired) electrons. The van der Waals surface area contributed by atoms with Gasteiger partial charge < -0.3 is 9.47 Å². The van der Waals surface area contributed by atoms with Crippen LogP contribution in [0.5, 0.6) is 0 Å². The number of rotatable bonds is 6. The first kappa shape index (κ1) is 10.8. The molecule has 0 bridgehead atoms. The fourth-order valence-electron chi connectivity index (χ4n) is 1.06. The first-order valence-corrected chi connectivity index (χ1v) is 3.78. The molecule has 0 rings (SSSR count). The van der Waals surface area contributed by atoms with E-state index in [0.29, 0.717) is 6.61 Å². The van der Waals surface area contributed by atoms with E-state index in [4.69, 9.17) is 15.3 Å². The molecule has 0 saturated heterocycles.